The summed E-state index contributed by atoms with van der Waals surface area (Å²) >= 11 is 0. The van der Waals surface area contributed by atoms with Crippen LogP contribution in [0.2, 0.25) is 0 Å². The van der Waals surface area contributed by atoms with Gasteiger partial charge in [0.25, 0.3) is 5.69 Å². The third kappa shape index (κ3) is 6.72. The third-order valence-corrected chi connectivity index (χ3v) is 3.14. The van der Waals surface area contributed by atoms with Crippen molar-refractivity contribution in [2.75, 3.05) is 20.3 Å². The summed E-state index contributed by atoms with van der Waals surface area (Å²) < 4.78 is 4.95. The summed E-state index contributed by atoms with van der Waals surface area (Å²) in [6.07, 6.45) is 0.519. The van der Waals surface area contributed by atoms with E-state index in [1.807, 2.05) is 0 Å². The molecule has 0 amide bonds. The maximum Gasteiger partial charge on any atom is 0.322 e. The quantitative estimate of drug-likeness (QED) is 0.302. The molecular weight excluding hydrogens is 304 g/mol. The van der Waals surface area contributed by atoms with E-state index in [0.717, 1.165) is 5.56 Å². The predicted molar refractivity (Wildman–Crippen MR) is 82.8 cm³/mol. The Hall–Kier alpha value is -2.03. The normalized spacial score (nSPS) is 13.3. The zero-order valence-electron chi connectivity index (χ0n) is 13.5. The van der Waals surface area contributed by atoms with Gasteiger partial charge in [0.1, 0.15) is 6.04 Å². The largest absolute Gasteiger partial charge is 0.465 e. The lowest BCUT2D eigenvalue weighted by Crippen LogP contribution is -2.45. The lowest BCUT2D eigenvalue weighted by atomic mass is 10.1. The number of non-ortho nitro benzene ring substituents is 1. The Morgan fingerprint density at radius 3 is 2.52 bits per heavy atom. The molecule has 0 fully saturated rings. The van der Waals surface area contributed by atoms with Gasteiger partial charge >= 0.3 is 5.97 Å². The average Bonchev–Trinajstić information content (AvgIpc) is 2.53. The van der Waals surface area contributed by atoms with Crippen molar-refractivity contribution in [3.8, 4) is 0 Å². The molecule has 0 aliphatic heterocycles. The molecule has 0 unspecified atom stereocenters. The van der Waals surface area contributed by atoms with Crippen molar-refractivity contribution in [2.45, 2.75) is 32.4 Å². The van der Waals surface area contributed by atoms with Gasteiger partial charge in [-0.3, -0.25) is 20.2 Å². The number of nitro groups is 1. The Morgan fingerprint density at radius 2 is 2.00 bits per heavy atom. The molecule has 8 heteroatoms. The summed E-state index contributed by atoms with van der Waals surface area (Å²) in [5.74, 6) is -0.349. The number of hydrogen-bond acceptors (Lipinski definition) is 7. The van der Waals surface area contributed by atoms with Gasteiger partial charge in [-0.05, 0) is 25.8 Å². The van der Waals surface area contributed by atoms with Crippen LogP contribution in [-0.2, 0) is 25.7 Å². The highest BCUT2D eigenvalue weighted by atomic mass is 17.2. The van der Waals surface area contributed by atoms with E-state index in [1.165, 1.54) is 19.2 Å². The van der Waals surface area contributed by atoms with E-state index in [-0.39, 0.29) is 24.3 Å². The molecule has 1 rings (SSSR count). The molecule has 0 aliphatic carbocycles. The summed E-state index contributed by atoms with van der Waals surface area (Å²) in [7, 11) is 1.40. The number of nitrogens with one attached hydrogen (secondary N) is 1. The maximum atomic E-state index is 11.7. The number of rotatable bonds is 10. The van der Waals surface area contributed by atoms with E-state index < -0.39 is 11.0 Å². The SMILES string of the molecule is CCOC(=O)[C@H](C)N[C@@H](COOC)Cc1ccc([N+](=O)[O-])cc1. The van der Waals surface area contributed by atoms with Crippen LogP contribution in [0.4, 0.5) is 5.69 Å². The summed E-state index contributed by atoms with van der Waals surface area (Å²) in [6, 6.07) is 5.52. The number of nitro benzene ring substituents is 1. The minimum atomic E-state index is -0.501. The number of ether oxygens (including phenoxy) is 1. The molecule has 0 aromatic heterocycles. The summed E-state index contributed by atoms with van der Waals surface area (Å²) in [5.41, 5.74) is 0.912. The molecule has 8 nitrogen and oxygen atoms in total. The molecule has 1 aromatic rings. The molecule has 0 aliphatic rings. The first-order valence-electron chi connectivity index (χ1n) is 7.29. The summed E-state index contributed by atoms with van der Waals surface area (Å²) in [6.45, 7) is 3.98. The monoisotopic (exact) mass is 326 g/mol. The lowest BCUT2D eigenvalue weighted by molar-refractivity contribution is -0.384. The fourth-order valence-electron chi connectivity index (χ4n) is 2.04. The number of hydrogen-bond donors (Lipinski definition) is 1. The van der Waals surface area contributed by atoms with Gasteiger partial charge in [0.05, 0.1) is 25.2 Å². The first-order chi connectivity index (χ1) is 11.0. The Balaban J connectivity index is 2.69. The van der Waals surface area contributed by atoms with Crippen LogP contribution in [0, 0.1) is 10.1 Å². The molecule has 0 radical (unpaired) electrons. The molecule has 1 aromatic carbocycles. The van der Waals surface area contributed by atoms with Gasteiger partial charge in [0.2, 0.25) is 0 Å². The number of carbonyl (C=O) groups is 1. The smallest absolute Gasteiger partial charge is 0.322 e. The highest BCUT2D eigenvalue weighted by Crippen LogP contribution is 2.13. The van der Waals surface area contributed by atoms with E-state index >= 15 is 0 Å². The average molecular weight is 326 g/mol. The van der Waals surface area contributed by atoms with E-state index in [1.54, 1.807) is 26.0 Å². The second-order valence-electron chi connectivity index (χ2n) is 4.92. The highest BCUT2D eigenvalue weighted by molar-refractivity contribution is 5.75. The van der Waals surface area contributed by atoms with Crippen LogP contribution in [0.15, 0.2) is 24.3 Å². The molecule has 0 saturated heterocycles. The zero-order chi connectivity index (χ0) is 17.2. The van der Waals surface area contributed by atoms with Gasteiger partial charge in [0, 0.05) is 18.2 Å². The van der Waals surface area contributed by atoms with Crippen molar-refractivity contribution in [2.24, 2.45) is 0 Å². The van der Waals surface area contributed by atoms with Crippen LogP contribution in [0.1, 0.15) is 19.4 Å². The second-order valence-corrected chi connectivity index (χ2v) is 4.92. The van der Waals surface area contributed by atoms with Crippen molar-refractivity contribution in [1.29, 1.82) is 0 Å². The van der Waals surface area contributed by atoms with E-state index in [0.29, 0.717) is 13.0 Å². The zero-order valence-corrected chi connectivity index (χ0v) is 13.5. The van der Waals surface area contributed by atoms with E-state index in [2.05, 4.69) is 10.2 Å². The van der Waals surface area contributed by atoms with Crippen molar-refractivity contribution in [3.63, 3.8) is 0 Å². The van der Waals surface area contributed by atoms with Gasteiger partial charge < -0.3 is 4.74 Å². The fourth-order valence-corrected chi connectivity index (χ4v) is 2.04. The van der Waals surface area contributed by atoms with Crippen LogP contribution >= 0.6 is 0 Å². The van der Waals surface area contributed by atoms with Crippen LogP contribution in [-0.4, -0.2) is 43.3 Å². The fraction of sp³-hybridized carbons (Fsp3) is 0.533. The topological polar surface area (TPSA) is 99.9 Å². The standard InChI is InChI=1S/C15H22N2O6/c1-4-22-15(18)11(2)16-13(10-23-21-3)9-12-5-7-14(8-6-12)17(19)20/h5-8,11,13,16H,4,9-10H2,1-3H3/t11-,13+/m0/s1. The third-order valence-electron chi connectivity index (χ3n) is 3.14. The molecule has 0 heterocycles. The number of carbonyl (C=O) groups excluding carboxylic acids is 1. The van der Waals surface area contributed by atoms with Gasteiger partial charge in [-0.25, -0.2) is 9.78 Å². The number of esters is 1. The Kier molecular flexibility index (Phi) is 8.17. The summed E-state index contributed by atoms with van der Waals surface area (Å²) in [5, 5.41) is 13.8. The maximum absolute atomic E-state index is 11.7. The molecule has 0 bridgehead atoms. The van der Waals surface area contributed by atoms with Crippen LogP contribution in [0.3, 0.4) is 0 Å². The van der Waals surface area contributed by atoms with Crippen molar-refractivity contribution < 1.29 is 24.2 Å². The minimum absolute atomic E-state index is 0.0336. The van der Waals surface area contributed by atoms with Crippen LogP contribution in [0.5, 0.6) is 0 Å². The Morgan fingerprint density at radius 1 is 1.35 bits per heavy atom. The Bertz CT molecular complexity index is 505. The molecular formula is C15H22N2O6. The minimum Gasteiger partial charge on any atom is -0.465 e. The lowest BCUT2D eigenvalue weighted by Gasteiger charge is -2.21. The second kappa shape index (κ2) is 9.88. The van der Waals surface area contributed by atoms with Gasteiger partial charge in [-0.2, -0.15) is 0 Å². The molecule has 128 valence electrons. The summed E-state index contributed by atoms with van der Waals surface area (Å²) in [4.78, 5) is 31.5. The molecule has 0 spiro atoms. The van der Waals surface area contributed by atoms with Crippen molar-refractivity contribution in [1.82, 2.24) is 5.32 Å². The number of nitrogens with zero attached hydrogens (tertiary/aromatic N) is 1. The van der Waals surface area contributed by atoms with Crippen LogP contribution < -0.4 is 5.32 Å². The highest BCUT2D eigenvalue weighted by Gasteiger charge is 2.20. The van der Waals surface area contributed by atoms with Crippen molar-refractivity contribution in [3.05, 3.63) is 39.9 Å². The predicted octanol–water partition coefficient (Wildman–Crippen LogP) is 1.63. The first-order valence-corrected chi connectivity index (χ1v) is 7.29. The van der Waals surface area contributed by atoms with Crippen LogP contribution in [0.25, 0.3) is 0 Å². The molecule has 1 N–H and O–H groups in total. The van der Waals surface area contributed by atoms with E-state index in [9.17, 15) is 14.9 Å². The molecule has 0 saturated carbocycles. The van der Waals surface area contributed by atoms with Gasteiger partial charge in [0.15, 0.2) is 0 Å². The first kappa shape index (κ1) is 19.0. The van der Waals surface area contributed by atoms with E-state index in [4.69, 9.17) is 9.62 Å². The van der Waals surface area contributed by atoms with Crippen molar-refractivity contribution >= 4 is 11.7 Å². The van der Waals surface area contributed by atoms with Gasteiger partial charge in [-0.15, -0.1) is 0 Å². The molecule has 23 heavy (non-hydrogen) atoms. The number of benzene rings is 1. The molecule has 2 atom stereocenters. The Labute approximate surface area is 134 Å². The van der Waals surface area contributed by atoms with Gasteiger partial charge in [-0.1, -0.05) is 12.1 Å².